The Bertz CT molecular complexity index is 151. The lowest BCUT2D eigenvalue weighted by molar-refractivity contribution is -0.107. The van der Waals surface area contributed by atoms with Gasteiger partial charge in [-0.3, -0.25) is 0 Å². The van der Waals surface area contributed by atoms with Gasteiger partial charge >= 0.3 is 0 Å². The molecule has 1 nitrogen and oxygen atoms in total. The molecule has 0 bridgehead atoms. The van der Waals surface area contributed by atoms with Gasteiger partial charge in [-0.1, -0.05) is 45.1 Å². The van der Waals surface area contributed by atoms with E-state index in [1.54, 1.807) is 0 Å². The van der Waals surface area contributed by atoms with Crippen LogP contribution in [0.3, 0.4) is 0 Å². The van der Waals surface area contributed by atoms with Crippen LogP contribution in [0.1, 0.15) is 64.7 Å². The first-order valence-corrected chi connectivity index (χ1v) is 6.41. The lowest BCUT2D eigenvalue weighted by Gasteiger charge is -2.08. The third-order valence-corrected chi connectivity index (χ3v) is 3.00. The second-order valence-electron chi connectivity index (χ2n) is 4.27. The quantitative estimate of drug-likeness (QED) is 0.278. The summed E-state index contributed by atoms with van der Waals surface area (Å²) in [6.45, 7) is 6.08. The summed E-state index contributed by atoms with van der Waals surface area (Å²) in [5.74, 6) is 0.722. The van der Waals surface area contributed by atoms with E-state index in [2.05, 4.69) is 19.6 Å². The average molecular weight is 210 g/mol. The molecule has 0 aromatic carbocycles. The number of carbonyl (C=O) groups excluding carboxylic acids is 1. The number of rotatable bonds is 11. The molecule has 0 radical (unpaired) electrons. The van der Waals surface area contributed by atoms with Gasteiger partial charge in [0.1, 0.15) is 6.29 Å². The predicted octanol–water partition coefficient (Wildman–Crippen LogP) is 4.52. The summed E-state index contributed by atoms with van der Waals surface area (Å²) in [6, 6.07) is 0. The molecule has 1 heteroatoms. The third-order valence-electron chi connectivity index (χ3n) is 3.00. The van der Waals surface area contributed by atoms with E-state index in [0.29, 0.717) is 0 Å². The van der Waals surface area contributed by atoms with Crippen molar-refractivity contribution in [3.63, 3.8) is 0 Å². The normalized spacial score (nSPS) is 12.3. The van der Waals surface area contributed by atoms with E-state index < -0.39 is 0 Å². The highest BCUT2D eigenvalue weighted by Gasteiger charge is 1.99. The van der Waals surface area contributed by atoms with Crippen LogP contribution >= 0.6 is 0 Å². The summed E-state index contributed by atoms with van der Waals surface area (Å²) in [6.07, 6.45) is 14.0. The zero-order valence-electron chi connectivity index (χ0n) is 10.2. The fraction of sp³-hybridized carbons (Fsp3) is 0.786. The molecule has 0 aromatic heterocycles. The van der Waals surface area contributed by atoms with E-state index in [1.165, 1.54) is 44.9 Å². The first-order valence-electron chi connectivity index (χ1n) is 6.41. The molecule has 0 saturated heterocycles. The van der Waals surface area contributed by atoms with Gasteiger partial charge in [-0.2, -0.15) is 0 Å². The van der Waals surface area contributed by atoms with Crippen molar-refractivity contribution in [2.75, 3.05) is 0 Å². The summed E-state index contributed by atoms with van der Waals surface area (Å²) in [4.78, 5) is 10.1. The molecule has 0 fully saturated rings. The van der Waals surface area contributed by atoms with Crippen molar-refractivity contribution in [3.8, 4) is 0 Å². The van der Waals surface area contributed by atoms with Gasteiger partial charge in [0, 0.05) is 6.42 Å². The molecule has 1 atom stereocenters. The Morgan fingerprint density at radius 1 is 1.07 bits per heavy atom. The highest BCUT2D eigenvalue weighted by molar-refractivity contribution is 5.48. The molecular formula is C14H26O. The Balaban J connectivity index is 3.10. The minimum atomic E-state index is 0.722. The standard InChI is InChI=1S/C14H26O/c1-3-14(4-2)12-10-8-6-5-7-9-11-13-15/h3,13-14H,1,4-12H2,2H3. The monoisotopic (exact) mass is 210 g/mol. The molecule has 88 valence electrons. The number of allylic oxidation sites excluding steroid dienone is 1. The van der Waals surface area contributed by atoms with E-state index in [9.17, 15) is 4.79 Å². The highest BCUT2D eigenvalue weighted by atomic mass is 16.1. The maximum Gasteiger partial charge on any atom is 0.119 e. The molecule has 0 aromatic rings. The second-order valence-corrected chi connectivity index (χ2v) is 4.27. The van der Waals surface area contributed by atoms with Crippen molar-refractivity contribution in [1.29, 1.82) is 0 Å². The van der Waals surface area contributed by atoms with Crippen LogP contribution in [-0.2, 0) is 4.79 Å². The lowest BCUT2D eigenvalue weighted by Crippen LogP contribution is -1.93. The molecule has 0 rings (SSSR count). The van der Waals surface area contributed by atoms with Gasteiger partial charge in [0.25, 0.3) is 0 Å². The van der Waals surface area contributed by atoms with Gasteiger partial charge < -0.3 is 4.79 Å². The molecule has 0 amide bonds. The molecule has 0 N–H and O–H groups in total. The molecule has 0 heterocycles. The van der Waals surface area contributed by atoms with Gasteiger partial charge in [-0.25, -0.2) is 0 Å². The van der Waals surface area contributed by atoms with Crippen molar-refractivity contribution >= 4 is 6.29 Å². The maximum atomic E-state index is 10.1. The Hall–Kier alpha value is -0.590. The van der Waals surface area contributed by atoms with Gasteiger partial charge in [0.15, 0.2) is 0 Å². The Kier molecular flexibility index (Phi) is 11.0. The molecule has 0 saturated carbocycles. The summed E-state index contributed by atoms with van der Waals surface area (Å²) >= 11 is 0. The maximum absolute atomic E-state index is 10.1. The van der Waals surface area contributed by atoms with Crippen molar-refractivity contribution in [2.24, 2.45) is 5.92 Å². The minimum absolute atomic E-state index is 0.722. The minimum Gasteiger partial charge on any atom is -0.303 e. The van der Waals surface area contributed by atoms with Crippen LogP contribution in [0.5, 0.6) is 0 Å². The zero-order chi connectivity index (χ0) is 11.4. The molecule has 0 aliphatic rings. The number of hydrogen-bond donors (Lipinski definition) is 0. The van der Waals surface area contributed by atoms with Crippen LogP contribution in [0, 0.1) is 5.92 Å². The Morgan fingerprint density at radius 3 is 2.20 bits per heavy atom. The smallest absolute Gasteiger partial charge is 0.119 e. The van der Waals surface area contributed by atoms with E-state index in [4.69, 9.17) is 0 Å². The van der Waals surface area contributed by atoms with Crippen LogP contribution in [0.2, 0.25) is 0 Å². The number of hydrogen-bond acceptors (Lipinski definition) is 1. The van der Waals surface area contributed by atoms with Crippen LogP contribution in [0.15, 0.2) is 12.7 Å². The summed E-state index contributed by atoms with van der Waals surface area (Å²) < 4.78 is 0. The largest absolute Gasteiger partial charge is 0.303 e. The Labute approximate surface area is 95.0 Å². The van der Waals surface area contributed by atoms with Crippen LogP contribution in [0.25, 0.3) is 0 Å². The van der Waals surface area contributed by atoms with Crippen molar-refractivity contribution < 1.29 is 4.79 Å². The average Bonchev–Trinajstić information content (AvgIpc) is 2.27. The Morgan fingerprint density at radius 2 is 1.67 bits per heavy atom. The molecule has 0 aliphatic carbocycles. The number of aldehydes is 1. The molecule has 0 spiro atoms. The third kappa shape index (κ3) is 9.71. The fourth-order valence-electron chi connectivity index (χ4n) is 1.83. The van der Waals surface area contributed by atoms with Crippen molar-refractivity contribution in [1.82, 2.24) is 0 Å². The van der Waals surface area contributed by atoms with Gasteiger partial charge in [0.2, 0.25) is 0 Å². The number of unbranched alkanes of at least 4 members (excludes halogenated alkanes) is 6. The second kappa shape index (κ2) is 11.5. The molecular weight excluding hydrogens is 184 g/mol. The SMILES string of the molecule is C=CC(CC)CCCCCCCCC=O. The van der Waals surface area contributed by atoms with E-state index >= 15 is 0 Å². The highest BCUT2D eigenvalue weighted by Crippen LogP contribution is 2.15. The molecule has 1 unspecified atom stereocenters. The van der Waals surface area contributed by atoms with Crippen molar-refractivity contribution in [2.45, 2.75) is 64.7 Å². The van der Waals surface area contributed by atoms with Gasteiger partial charge in [-0.15, -0.1) is 6.58 Å². The summed E-state index contributed by atoms with van der Waals surface area (Å²) in [7, 11) is 0. The zero-order valence-corrected chi connectivity index (χ0v) is 10.2. The molecule has 0 aliphatic heterocycles. The summed E-state index contributed by atoms with van der Waals surface area (Å²) in [5, 5.41) is 0. The van der Waals surface area contributed by atoms with Gasteiger partial charge in [0.05, 0.1) is 0 Å². The topological polar surface area (TPSA) is 17.1 Å². The predicted molar refractivity (Wildman–Crippen MR) is 67.0 cm³/mol. The van der Waals surface area contributed by atoms with Crippen LogP contribution in [-0.4, -0.2) is 6.29 Å². The van der Waals surface area contributed by atoms with E-state index in [0.717, 1.165) is 25.0 Å². The van der Waals surface area contributed by atoms with E-state index in [-0.39, 0.29) is 0 Å². The first kappa shape index (κ1) is 14.4. The molecule has 15 heavy (non-hydrogen) atoms. The fourth-order valence-corrected chi connectivity index (χ4v) is 1.83. The van der Waals surface area contributed by atoms with Crippen LogP contribution < -0.4 is 0 Å². The first-order chi connectivity index (χ1) is 7.35. The van der Waals surface area contributed by atoms with Gasteiger partial charge in [-0.05, 0) is 25.2 Å². The van der Waals surface area contributed by atoms with Crippen LogP contribution in [0.4, 0.5) is 0 Å². The lowest BCUT2D eigenvalue weighted by atomic mass is 9.98. The van der Waals surface area contributed by atoms with E-state index in [1.807, 2.05) is 0 Å². The number of carbonyl (C=O) groups is 1. The summed E-state index contributed by atoms with van der Waals surface area (Å²) in [5.41, 5.74) is 0. The van der Waals surface area contributed by atoms with Crippen molar-refractivity contribution in [3.05, 3.63) is 12.7 Å².